The third-order valence-corrected chi connectivity index (χ3v) is 7.05. The maximum Gasteiger partial charge on any atom is 0.331 e. The fraction of sp³-hybridized carbons (Fsp3) is 0.227. The van der Waals surface area contributed by atoms with Gasteiger partial charge in [0.2, 0.25) is 0 Å². The Kier molecular flexibility index (Phi) is 7.77. The summed E-state index contributed by atoms with van der Waals surface area (Å²) < 4.78 is 44.6. The van der Waals surface area contributed by atoms with E-state index in [9.17, 15) is 18.0 Å². The van der Waals surface area contributed by atoms with Crippen molar-refractivity contribution in [2.75, 3.05) is 27.9 Å². The van der Waals surface area contributed by atoms with E-state index in [1.165, 1.54) is 38.4 Å². The van der Waals surface area contributed by atoms with Crippen LogP contribution < -0.4 is 9.47 Å². The summed E-state index contributed by atoms with van der Waals surface area (Å²) in [6, 6.07) is 13.0. The van der Waals surface area contributed by atoms with Crippen LogP contribution in [-0.4, -0.2) is 58.2 Å². The monoisotopic (exact) mass is 490 g/mol. The molecule has 33 heavy (non-hydrogen) atoms. The minimum atomic E-state index is -4.07. The van der Waals surface area contributed by atoms with Gasteiger partial charge in [-0.05, 0) is 48.0 Å². The van der Waals surface area contributed by atoms with Crippen LogP contribution in [-0.2, 0) is 30.8 Å². The number of hydrogen-bond acceptors (Lipinski definition) is 8. The molecule has 174 valence electrons. The van der Waals surface area contributed by atoms with Gasteiger partial charge in [-0.2, -0.15) is 8.42 Å². The molecule has 0 saturated carbocycles. The molecule has 1 aliphatic rings. The lowest BCUT2D eigenvalue weighted by atomic mass is 10.1. The Morgan fingerprint density at radius 3 is 2.39 bits per heavy atom. The van der Waals surface area contributed by atoms with Gasteiger partial charge < -0.3 is 14.2 Å². The van der Waals surface area contributed by atoms with E-state index >= 15 is 0 Å². The van der Waals surface area contributed by atoms with E-state index in [1.807, 2.05) is 6.07 Å². The summed E-state index contributed by atoms with van der Waals surface area (Å²) in [6.45, 7) is 0.128. The zero-order valence-corrected chi connectivity index (χ0v) is 19.8. The summed E-state index contributed by atoms with van der Waals surface area (Å²) in [7, 11) is 0.171. The van der Waals surface area contributed by atoms with E-state index in [-0.39, 0.29) is 21.5 Å². The van der Waals surface area contributed by atoms with Gasteiger partial charge in [0.1, 0.15) is 0 Å². The Hall–Kier alpha value is -3.31. The SMILES string of the molecule is COC(=O)/C=C1\S/C(=N/S(=O)(=O)c2ccccc2)N(CCc2ccc(OC)c(OC)c2)C1=O. The van der Waals surface area contributed by atoms with Crippen molar-refractivity contribution in [2.45, 2.75) is 11.3 Å². The van der Waals surface area contributed by atoms with Crippen LogP contribution in [0, 0.1) is 0 Å². The third kappa shape index (κ3) is 5.74. The van der Waals surface area contributed by atoms with Gasteiger partial charge in [-0.3, -0.25) is 9.69 Å². The van der Waals surface area contributed by atoms with Crippen LogP contribution in [0.5, 0.6) is 11.5 Å². The molecule has 0 N–H and O–H groups in total. The first-order valence-corrected chi connectivity index (χ1v) is 11.9. The van der Waals surface area contributed by atoms with Crippen LogP contribution in [0.4, 0.5) is 0 Å². The van der Waals surface area contributed by atoms with Crippen molar-refractivity contribution in [3.63, 3.8) is 0 Å². The molecule has 2 aromatic carbocycles. The van der Waals surface area contributed by atoms with Gasteiger partial charge in [-0.15, -0.1) is 4.40 Å². The number of benzene rings is 2. The van der Waals surface area contributed by atoms with Crippen LogP contribution in [0.1, 0.15) is 5.56 Å². The van der Waals surface area contributed by atoms with E-state index in [0.29, 0.717) is 17.9 Å². The molecule has 0 radical (unpaired) electrons. The van der Waals surface area contributed by atoms with Gasteiger partial charge in [0, 0.05) is 12.6 Å². The third-order valence-electron chi connectivity index (χ3n) is 4.65. The molecule has 1 fully saturated rings. The molecule has 1 heterocycles. The number of amidine groups is 1. The summed E-state index contributed by atoms with van der Waals surface area (Å²) >= 11 is 0.804. The second-order valence-electron chi connectivity index (χ2n) is 6.69. The van der Waals surface area contributed by atoms with Crippen LogP contribution in [0.3, 0.4) is 0 Å². The van der Waals surface area contributed by atoms with Gasteiger partial charge in [0.05, 0.1) is 31.1 Å². The van der Waals surface area contributed by atoms with Gasteiger partial charge in [0.15, 0.2) is 16.7 Å². The highest BCUT2D eigenvalue weighted by atomic mass is 32.2. The van der Waals surface area contributed by atoms with Crippen molar-refractivity contribution in [1.29, 1.82) is 0 Å². The Bertz CT molecular complexity index is 1210. The number of sulfonamides is 1. The summed E-state index contributed by atoms with van der Waals surface area (Å²) in [5.41, 5.74) is 0.834. The van der Waals surface area contributed by atoms with Crippen LogP contribution in [0.25, 0.3) is 0 Å². The first kappa shape index (κ1) is 24.3. The number of esters is 1. The number of carbonyl (C=O) groups excluding carboxylic acids is 2. The predicted molar refractivity (Wildman–Crippen MR) is 124 cm³/mol. The topological polar surface area (TPSA) is 112 Å². The number of thioether (sulfide) groups is 1. The molecule has 0 spiro atoms. The van der Waals surface area contributed by atoms with Gasteiger partial charge in [0.25, 0.3) is 15.9 Å². The predicted octanol–water partition coefficient (Wildman–Crippen LogP) is 2.62. The Labute approximate surface area is 196 Å². The van der Waals surface area contributed by atoms with Crippen molar-refractivity contribution in [3.8, 4) is 11.5 Å². The van der Waals surface area contributed by atoms with E-state index in [4.69, 9.17) is 9.47 Å². The van der Waals surface area contributed by atoms with Crippen LogP contribution >= 0.6 is 11.8 Å². The molecule has 0 unspecified atom stereocenters. The highest BCUT2D eigenvalue weighted by Gasteiger charge is 2.35. The molecular weight excluding hydrogens is 468 g/mol. The smallest absolute Gasteiger partial charge is 0.331 e. The zero-order chi connectivity index (χ0) is 24.0. The largest absolute Gasteiger partial charge is 0.493 e. The normalized spacial score (nSPS) is 16.3. The molecular formula is C22H22N2O7S2. The van der Waals surface area contributed by atoms with E-state index in [1.54, 1.807) is 30.3 Å². The zero-order valence-electron chi connectivity index (χ0n) is 18.2. The number of hydrogen-bond donors (Lipinski definition) is 0. The highest BCUT2D eigenvalue weighted by molar-refractivity contribution is 8.19. The van der Waals surface area contributed by atoms with Crippen molar-refractivity contribution < 1.29 is 32.2 Å². The van der Waals surface area contributed by atoms with Crippen LogP contribution in [0.15, 0.2) is 68.8 Å². The Morgan fingerprint density at radius 2 is 1.76 bits per heavy atom. The first-order valence-electron chi connectivity index (χ1n) is 9.69. The molecule has 0 atom stereocenters. The first-order chi connectivity index (χ1) is 15.8. The van der Waals surface area contributed by atoms with E-state index < -0.39 is 21.9 Å². The van der Waals surface area contributed by atoms with Crippen molar-refractivity contribution in [3.05, 3.63) is 65.1 Å². The van der Waals surface area contributed by atoms with Crippen molar-refractivity contribution >= 4 is 38.8 Å². The van der Waals surface area contributed by atoms with E-state index in [0.717, 1.165) is 23.4 Å². The number of ether oxygens (including phenoxy) is 3. The minimum Gasteiger partial charge on any atom is -0.493 e. The van der Waals surface area contributed by atoms with Crippen LogP contribution in [0.2, 0.25) is 0 Å². The Morgan fingerprint density at radius 1 is 1.06 bits per heavy atom. The lowest BCUT2D eigenvalue weighted by molar-refractivity contribution is -0.135. The average Bonchev–Trinajstić information content (AvgIpc) is 3.10. The van der Waals surface area contributed by atoms with Gasteiger partial charge in [-0.1, -0.05) is 24.3 Å². The highest BCUT2D eigenvalue weighted by Crippen LogP contribution is 2.33. The molecule has 0 aliphatic carbocycles. The van der Waals surface area contributed by atoms with Gasteiger partial charge in [-0.25, -0.2) is 4.79 Å². The molecule has 2 aromatic rings. The quantitative estimate of drug-likeness (QED) is 0.410. The average molecular weight is 491 g/mol. The van der Waals surface area contributed by atoms with Gasteiger partial charge >= 0.3 is 5.97 Å². The summed E-state index contributed by atoms with van der Waals surface area (Å²) in [4.78, 5) is 25.9. The molecule has 1 aliphatic heterocycles. The molecule has 1 amide bonds. The standard InChI is InChI=1S/C22H22N2O7S2/c1-29-17-10-9-15(13-18(17)30-2)11-12-24-21(26)19(14-20(25)31-3)32-22(24)23-33(27,28)16-7-5-4-6-8-16/h4-10,13-14H,11-12H2,1-3H3/b19-14-,23-22+. The Balaban J connectivity index is 1.92. The molecule has 9 nitrogen and oxygen atoms in total. The van der Waals surface area contributed by atoms with Crippen molar-refractivity contribution in [1.82, 2.24) is 4.90 Å². The summed E-state index contributed by atoms with van der Waals surface area (Å²) in [5, 5.41) is -0.0421. The summed E-state index contributed by atoms with van der Waals surface area (Å²) in [6.07, 6.45) is 1.40. The second-order valence-corrected chi connectivity index (χ2v) is 9.31. The fourth-order valence-electron chi connectivity index (χ4n) is 2.96. The molecule has 11 heteroatoms. The maximum absolute atomic E-state index is 12.9. The minimum absolute atomic E-state index is 0.00390. The molecule has 1 saturated heterocycles. The van der Waals surface area contributed by atoms with Crippen molar-refractivity contribution in [2.24, 2.45) is 4.40 Å². The molecule has 0 bridgehead atoms. The summed E-state index contributed by atoms with van der Waals surface area (Å²) in [5.74, 6) is -0.164. The second kappa shape index (κ2) is 10.5. The number of carbonyl (C=O) groups is 2. The lowest BCUT2D eigenvalue weighted by Crippen LogP contribution is -2.32. The molecule has 3 rings (SSSR count). The maximum atomic E-state index is 12.9. The van der Waals surface area contributed by atoms with E-state index in [2.05, 4.69) is 9.13 Å². The lowest BCUT2D eigenvalue weighted by Gasteiger charge is -2.16. The number of amides is 1. The number of methoxy groups -OCH3 is 3. The molecule has 0 aromatic heterocycles. The number of rotatable bonds is 8. The fourth-order valence-corrected chi connectivity index (χ4v) is 5.15. The number of nitrogens with zero attached hydrogens (tertiary/aromatic N) is 2.